The minimum Gasteiger partial charge on any atom is -0.353 e. The molecular formula is C20H24N2O2. The molecule has 0 aromatic heterocycles. The van der Waals surface area contributed by atoms with Crippen molar-refractivity contribution in [2.45, 2.75) is 39.2 Å². The van der Waals surface area contributed by atoms with Crippen LogP contribution in [0.3, 0.4) is 0 Å². The second-order valence-electron chi connectivity index (χ2n) is 6.43. The topological polar surface area (TPSA) is 49.4 Å². The molecule has 1 aliphatic heterocycles. The Balaban J connectivity index is 1.81. The molecule has 1 unspecified atom stereocenters. The highest BCUT2D eigenvalue weighted by Crippen LogP contribution is 2.31. The van der Waals surface area contributed by atoms with Crippen molar-refractivity contribution >= 4 is 28.3 Å². The standard InChI is InChI=1S/C20H24N2O2/c1-3-16(4-2)21-20(24)15-12-19(23)22(13-15)18-11-7-9-14-8-5-6-10-17(14)18/h5-11,15-16H,3-4,12-13H2,1-2H3,(H,21,24). The molecule has 0 saturated carbocycles. The first-order valence-corrected chi connectivity index (χ1v) is 8.72. The van der Waals surface area contributed by atoms with Crippen molar-refractivity contribution in [1.29, 1.82) is 0 Å². The second kappa shape index (κ2) is 7.04. The van der Waals surface area contributed by atoms with Gasteiger partial charge in [-0.1, -0.05) is 50.2 Å². The Labute approximate surface area is 142 Å². The molecule has 0 spiro atoms. The number of rotatable bonds is 5. The van der Waals surface area contributed by atoms with Gasteiger partial charge in [-0.25, -0.2) is 0 Å². The van der Waals surface area contributed by atoms with Gasteiger partial charge in [0.05, 0.1) is 11.6 Å². The zero-order valence-corrected chi connectivity index (χ0v) is 14.3. The number of amides is 2. The van der Waals surface area contributed by atoms with E-state index in [1.54, 1.807) is 4.90 Å². The largest absolute Gasteiger partial charge is 0.353 e. The van der Waals surface area contributed by atoms with Gasteiger partial charge in [0.1, 0.15) is 0 Å². The fraction of sp³-hybridized carbons (Fsp3) is 0.400. The molecule has 1 N–H and O–H groups in total. The average molecular weight is 324 g/mol. The summed E-state index contributed by atoms with van der Waals surface area (Å²) in [5.41, 5.74) is 0.899. The van der Waals surface area contributed by atoms with Crippen LogP contribution in [0.4, 0.5) is 5.69 Å². The third-order valence-corrected chi connectivity index (χ3v) is 4.89. The highest BCUT2D eigenvalue weighted by Gasteiger charge is 2.36. The lowest BCUT2D eigenvalue weighted by Gasteiger charge is -2.20. The Morgan fingerprint density at radius 2 is 1.88 bits per heavy atom. The predicted octanol–water partition coefficient (Wildman–Crippen LogP) is 3.50. The number of nitrogens with zero attached hydrogens (tertiary/aromatic N) is 1. The van der Waals surface area contributed by atoms with Crippen LogP contribution in [0.25, 0.3) is 10.8 Å². The molecule has 4 heteroatoms. The zero-order valence-electron chi connectivity index (χ0n) is 14.3. The van der Waals surface area contributed by atoms with E-state index < -0.39 is 0 Å². The maximum absolute atomic E-state index is 12.5. The summed E-state index contributed by atoms with van der Waals surface area (Å²) in [5, 5.41) is 5.22. The lowest BCUT2D eigenvalue weighted by molar-refractivity contribution is -0.127. The summed E-state index contributed by atoms with van der Waals surface area (Å²) in [6.07, 6.45) is 2.11. The molecule has 1 atom stereocenters. The molecule has 4 nitrogen and oxygen atoms in total. The normalized spacial score (nSPS) is 17.7. The van der Waals surface area contributed by atoms with Crippen LogP contribution < -0.4 is 10.2 Å². The second-order valence-corrected chi connectivity index (χ2v) is 6.43. The maximum Gasteiger partial charge on any atom is 0.227 e. The molecule has 24 heavy (non-hydrogen) atoms. The Bertz CT molecular complexity index is 747. The summed E-state index contributed by atoms with van der Waals surface area (Å²) >= 11 is 0. The molecule has 2 amide bonds. The summed E-state index contributed by atoms with van der Waals surface area (Å²) in [7, 11) is 0. The van der Waals surface area contributed by atoms with Gasteiger partial charge in [-0.3, -0.25) is 9.59 Å². The SMILES string of the molecule is CCC(CC)NC(=O)C1CC(=O)N(c2cccc3ccccc23)C1. The van der Waals surface area contributed by atoms with Gasteiger partial charge in [-0.05, 0) is 24.3 Å². The summed E-state index contributed by atoms with van der Waals surface area (Å²) in [6, 6.07) is 14.2. The van der Waals surface area contributed by atoms with E-state index in [4.69, 9.17) is 0 Å². The summed E-state index contributed by atoms with van der Waals surface area (Å²) in [6.45, 7) is 4.59. The quantitative estimate of drug-likeness (QED) is 0.915. The summed E-state index contributed by atoms with van der Waals surface area (Å²) in [4.78, 5) is 26.7. The zero-order chi connectivity index (χ0) is 17.1. The molecule has 0 bridgehead atoms. The van der Waals surface area contributed by atoms with Crippen LogP contribution >= 0.6 is 0 Å². The van der Waals surface area contributed by atoms with E-state index in [2.05, 4.69) is 19.2 Å². The van der Waals surface area contributed by atoms with Crippen LogP contribution in [-0.2, 0) is 9.59 Å². The number of hydrogen-bond acceptors (Lipinski definition) is 2. The van der Waals surface area contributed by atoms with E-state index in [-0.39, 0.29) is 30.2 Å². The molecule has 0 radical (unpaired) electrons. The number of carbonyl (C=O) groups excluding carboxylic acids is 2. The Hall–Kier alpha value is -2.36. The first-order valence-electron chi connectivity index (χ1n) is 8.72. The number of carbonyl (C=O) groups is 2. The smallest absolute Gasteiger partial charge is 0.227 e. The monoisotopic (exact) mass is 324 g/mol. The lowest BCUT2D eigenvalue weighted by atomic mass is 10.1. The van der Waals surface area contributed by atoms with Crippen LogP contribution in [0, 0.1) is 5.92 Å². The molecule has 0 aliphatic carbocycles. The fourth-order valence-electron chi connectivity index (χ4n) is 3.37. The van der Waals surface area contributed by atoms with Gasteiger partial charge in [-0.15, -0.1) is 0 Å². The van der Waals surface area contributed by atoms with Crippen molar-refractivity contribution in [3.63, 3.8) is 0 Å². The molecule has 3 rings (SSSR count). The molecule has 1 heterocycles. The minimum absolute atomic E-state index is 0.000198. The van der Waals surface area contributed by atoms with Crippen molar-refractivity contribution in [2.24, 2.45) is 5.92 Å². The van der Waals surface area contributed by atoms with Crippen molar-refractivity contribution in [3.8, 4) is 0 Å². The Morgan fingerprint density at radius 3 is 2.62 bits per heavy atom. The number of hydrogen-bond donors (Lipinski definition) is 1. The molecular weight excluding hydrogens is 300 g/mol. The van der Waals surface area contributed by atoms with Crippen molar-refractivity contribution in [2.75, 3.05) is 11.4 Å². The van der Waals surface area contributed by atoms with Gasteiger partial charge >= 0.3 is 0 Å². The minimum atomic E-state index is -0.267. The van der Waals surface area contributed by atoms with E-state index in [1.165, 1.54) is 0 Å². The molecule has 126 valence electrons. The van der Waals surface area contributed by atoms with Gasteiger partial charge in [0.15, 0.2) is 0 Å². The molecule has 2 aromatic carbocycles. The van der Waals surface area contributed by atoms with E-state index in [0.29, 0.717) is 6.54 Å². The van der Waals surface area contributed by atoms with Crippen LogP contribution in [0.5, 0.6) is 0 Å². The Morgan fingerprint density at radius 1 is 1.17 bits per heavy atom. The van der Waals surface area contributed by atoms with Crippen LogP contribution in [0.2, 0.25) is 0 Å². The van der Waals surface area contributed by atoms with Crippen molar-refractivity contribution < 1.29 is 9.59 Å². The highest BCUT2D eigenvalue weighted by molar-refractivity contribution is 6.06. The number of anilines is 1. The third kappa shape index (κ3) is 3.14. The first-order chi connectivity index (χ1) is 11.6. The van der Waals surface area contributed by atoms with Gasteiger partial charge in [-0.2, -0.15) is 0 Å². The highest BCUT2D eigenvalue weighted by atomic mass is 16.2. The first kappa shape index (κ1) is 16.5. The van der Waals surface area contributed by atoms with E-state index in [9.17, 15) is 9.59 Å². The van der Waals surface area contributed by atoms with Crippen LogP contribution in [0.1, 0.15) is 33.1 Å². The maximum atomic E-state index is 12.5. The number of fused-ring (bicyclic) bond motifs is 1. The fourth-order valence-corrected chi connectivity index (χ4v) is 3.37. The lowest BCUT2D eigenvalue weighted by Crippen LogP contribution is -2.39. The summed E-state index contributed by atoms with van der Waals surface area (Å²) < 4.78 is 0. The third-order valence-electron chi connectivity index (χ3n) is 4.89. The van der Waals surface area contributed by atoms with Gasteiger partial charge in [0.25, 0.3) is 0 Å². The molecule has 1 fully saturated rings. The number of benzene rings is 2. The molecule has 1 saturated heterocycles. The average Bonchev–Trinajstić information content (AvgIpc) is 3.00. The number of nitrogens with one attached hydrogen (secondary N) is 1. The Kier molecular flexibility index (Phi) is 4.84. The summed E-state index contributed by atoms with van der Waals surface area (Å²) in [5.74, 6) is -0.243. The van der Waals surface area contributed by atoms with Crippen molar-refractivity contribution in [3.05, 3.63) is 42.5 Å². The van der Waals surface area contributed by atoms with Gasteiger partial charge in [0.2, 0.25) is 11.8 Å². The van der Waals surface area contributed by atoms with E-state index >= 15 is 0 Å². The van der Waals surface area contributed by atoms with Crippen molar-refractivity contribution in [1.82, 2.24) is 5.32 Å². The van der Waals surface area contributed by atoms with E-state index in [1.807, 2.05) is 42.5 Å². The predicted molar refractivity (Wildman–Crippen MR) is 96.9 cm³/mol. The van der Waals surface area contributed by atoms with Gasteiger partial charge in [0, 0.05) is 24.4 Å². The molecule has 2 aromatic rings. The van der Waals surface area contributed by atoms with E-state index in [0.717, 1.165) is 29.3 Å². The van der Waals surface area contributed by atoms with Crippen LogP contribution in [0.15, 0.2) is 42.5 Å². The molecule has 1 aliphatic rings. The van der Waals surface area contributed by atoms with Crippen LogP contribution in [-0.4, -0.2) is 24.4 Å². The van der Waals surface area contributed by atoms with Gasteiger partial charge < -0.3 is 10.2 Å².